The van der Waals surface area contributed by atoms with E-state index >= 15 is 0 Å². The maximum atomic E-state index is 13.3. The van der Waals surface area contributed by atoms with Gasteiger partial charge in [0.05, 0.1) is 17.8 Å². The number of nitrogens with one attached hydrogen (secondary N) is 1. The molecular weight excluding hydrogens is 414 g/mol. The Morgan fingerprint density at radius 3 is 2.73 bits per heavy atom. The van der Waals surface area contributed by atoms with Gasteiger partial charge in [-0.05, 0) is 105 Å². The predicted molar refractivity (Wildman–Crippen MR) is 125 cm³/mol. The molecule has 1 amide bonds. The number of anilines is 1. The molecule has 6 heteroatoms. The normalized spacial score (nSPS) is 41.9. The zero-order chi connectivity index (χ0) is 23.2. The molecule has 1 aromatic rings. The first-order valence-corrected chi connectivity index (χ1v) is 12.8. The first-order chi connectivity index (χ1) is 15.9. The zero-order valence-electron chi connectivity index (χ0n) is 19.9. The summed E-state index contributed by atoms with van der Waals surface area (Å²) in [5.41, 5.74) is -0.0869. The Bertz CT molecular complexity index is 928. The number of carbonyl (C=O) groups is 1. The van der Waals surface area contributed by atoms with Crippen LogP contribution in [0.4, 0.5) is 5.82 Å². The van der Waals surface area contributed by atoms with Gasteiger partial charge in [0, 0.05) is 19.2 Å². The van der Waals surface area contributed by atoms with Crippen molar-refractivity contribution in [1.29, 1.82) is 5.26 Å². The molecule has 2 N–H and O–H groups in total. The number of nitriles is 1. The summed E-state index contributed by atoms with van der Waals surface area (Å²) in [6, 6.07) is 5.48. The van der Waals surface area contributed by atoms with Gasteiger partial charge in [-0.3, -0.25) is 4.79 Å². The van der Waals surface area contributed by atoms with E-state index in [1.54, 1.807) is 19.2 Å². The van der Waals surface area contributed by atoms with Crippen LogP contribution in [0, 0.1) is 52.3 Å². The van der Waals surface area contributed by atoms with Crippen molar-refractivity contribution in [3.8, 4) is 6.07 Å². The Labute approximate surface area is 197 Å². The molecule has 0 aromatic carbocycles. The second-order valence-corrected chi connectivity index (χ2v) is 11.5. The molecule has 4 aliphatic carbocycles. The van der Waals surface area contributed by atoms with Crippen LogP contribution in [-0.4, -0.2) is 35.3 Å². The molecule has 6 nitrogen and oxygen atoms in total. The Morgan fingerprint density at radius 1 is 1.18 bits per heavy atom. The average Bonchev–Trinajstić information content (AvgIpc) is 3.16. The topological polar surface area (TPSA) is 95.2 Å². The van der Waals surface area contributed by atoms with Gasteiger partial charge in [-0.15, -0.1) is 0 Å². The largest absolute Gasteiger partial charge is 0.387 e. The van der Waals surface area contributed by atoms with E-state index in [-0.39, 0.29) is 17.2 Å². The van der Waals surface area contributed by atoms with Crippen molar-refractivity contribution in [3.63, 3.8) is 0 Å². The summed E-state index contributed by atoms with van der Waals surface area (Å²) in [6.07, 6.45) is 11.2. The summed E-state index contributed by atoms with van der Waals surface area (Å²) in [7, 11) is 1.69. The lowest BCUT2D eigenvalue weighted by molar-refractivity contribution is -0.134. The number of rotatable bonds is 4. The van der Waals surface area contributed by atoms with E-state index in [0.717, 1.165) is 50.4 Å². The fourth-order valence-electron chi connectivity index (χ4n) is 8.54. The molecule has 0 spiro atoms. The van der Waals surface area contributed by atoms with Crippen molar-refractivity contribution in [2.24, 2.45) is 40.9 Å². The van der Waals surface area contributed by atoms with E-state index in [2.05, 4.69) is 23.3 Å². The summed E-state index contributed by atoms with van der Waals surface area (Å²) in [5, 5.41) is 23.0. The van der Waals surface area contributed by atoms with Gasteiger partial charge in [0.2, 0.25) is 5.91 Å². The third-order valence-corrected chi connectivity index (χ3v) is 9.98. The third-order valence-electron chi connectivity index (χ3n) is 9.98. The maximum Gasteiger partial charge on any atom is 0.229 e. The first-order valence-electron chi connectivity index (χ1n) is 12.8. The number of fused-ring (bicyclic) bond motifs is 5. The summed E-state index contributed by atoms with van der Waals surface area (Å²) < 4.78 is 5.32. The van der Waals surface area contributed by atoms with Crippen LogP contribution in [0.5, 0.6) is 0 Å². The molecule has 178 valence electrons. The van der Waals surface area contributed by atoms with Crippen LogP contribution in [0.25, 0.3) is 0 Å². The van der Waals surface area contributed by atoms with Crippen molar-refractivity contribution in [3.05, 3.63) is 23.9 Å². The number of nitrogens with zero attached hydrogens (tertiary/aromatic N) is 2. The molecule has 33 heavy (non-hydrogen) atoms. The van der Waals surface area contributed by atoms with E-state index < -0.39 is 5.60 Å². The van der Waals surface area contributed by atoms with E-state index in [9.17, 15) is 9.90 Å². The Kier molecular flexibility index (Phi) is 5.99. The maximum absolute atomic E-state index is 13.3. The Balaban J connectivity index is 1.27. The number of aromatic nitrogens is 1. The number of aliphatic hydroxyl groups is 1. The summed E-state index contributed by atoms with van der Waals surface area (Å²) in [5.74, 6) is 4.06. The fourth-order valence-corrected chi connectivity index (χ4v) is 8.54. The molecule has 0 aliphatic heterocycles. The average molecular weight is 452 g/mol. The molecule has 0 radical (unpaired) electrons. The highest BCUT2D eigenvalue weighted by Gasteiger charge is 2.59. The molecule has 1 aromatic heterocycles. The van der Waals surface area contributed by atoms with Gasteiger partial charge >= 0.3 is 0 Å². The van der Waals surface area contributed by atoms with Crippen molar-refractivity contribution in [2.75, 3.05) is 19.0 Å². The lowest BCUT2D eigenvalue weighted by Gasteiger charge is -2.57. The summed E-state index contributed by atoms with van der Waals surface area (Å²) in [6.45, 7) is 2.82. The van der Waals surface area contributed by atoms with Crippen LogP contribution < -0.4 is 5.32 Å². The van der Waals surface area contributed by atoms with E-state index in [4.69, 9.17) is 10.00 Å². The minimum atomic E-state index is -0.637. The molecule has 4 aliphatic rings. The number of hydrogen-bond donors (Lipinski definition) is 2. The third kappa shape index (κ3) is 3.98. The lowest BCUT2D eigenvalue weighted by atomic mass is 9.49. The van der Waals surface area contributed by atoms with Gasteiger partial charge in [-0.1, -0.05) is 6.92 Å². The summed E-state index contributed by atoms with van der Waals surface area (Å²) in [4.78, 5) is 17.5. The molecular formula is C27H37N3O3. The quantitative estimate of drug-likeness (QED) is 0.701. The minimum Gasteiger partial charge on any atom is -0.387 e. The van der Waals surface area contributed by atoms with E-state index in [1.807, 2.05) is 0 Å². The summed E-state index contributed by atoms with van der Waals surface area (Å²) >= 11 is 0. The smallest absolute Gasteiger partial charge is 0.229 e. The second-order valence-electron chi connectivity index (χ2n) is 11.5. The number of pyridine rings is 1. The molecule has 0 saturated heterocycles. The van der Waals surface area contributed by atoms with Crippen molar-refractivity contribution >= 4 is 11.7 Å². The number of ether oxygens (including phenoxy) is 1. The molecule has 4 fully saturated rings. The molecule has 8 unspecified atom stereocenters. The van der Waals surface area contributed by atoms with Crippen LogP contribution in [0.2, 0.25) is 0 Å². The standard InChI is InChI=1S/C27H37N3O3/c1-26-11-9-20-19-10-12-27(32,16-33-2)13-18(19)4-5-21(20)22(26)6-7-23(26)25(31)30-24-8-3-17(14-28)15-29-24/h3,8,15,18-23,32H,4-7,9-13,16H2,1-2H3,(H,29,30,31). The van der Waals surface area contributed by atoms with Crippen LogP contribution in [0.3, 0.4) is 0 Å². The monoisotopic (exact) mass is 451 g/mol. The van der Waals surface area contributed by atoms with Gasteiger partial charge in [0.25, 0.3) is 0 Å². The number of carbonyl (C=O) groups excluding carboxylic acids is 1. The zero-order valence-corrected chi connectivity index (χ0v) is 19.9. The Morgan fingerprint density at radius 2 is 2.00 bits per heavy atom. The lowest BCUT2D eigenvalue weighted by Crippen LogP contribution is -2.52. The molecule has 0 bridgehead atoms. The SMILES string of the molecule is COCC1(O)CCC2C(CCC3C2CCC2(C)C(C(=O)Nc4ccc(C#N)cn4)CCC32)C1. The number of hydrogen-bond acceptors (Lipinski definition) is 5. The Hall–Kier alpha value is -1.97. The van der Waals surface area contributed by atoms with Crippen LogP contribution in [-0.2, 0) is 9.53 Å². The van der Waals surface area contributed by atoms with Crippen LogP contribution >= 0.6 is 0 Å². The first kappa shape index (κ1) is 22.8. The van der Waals surface area contributed by atoms with E-state index in [0.29, 0.717) is 35.7 Å². The van der Waals surface area contributed by atoms with Crippen LogP contribution in [0.1, 0.15) is 70.3 Å². The number of amides is 1. The highest BCUT2D eigenvalue weighted by molar-refractivity contribution is 5.92. The highest BCUT2D eigenvalue weighted by Crippen LogP contribution is 2.64. The molecule has 8 atom stereocenters. The molecule has 5 rings (SSSR count). The van der Waals surface area contributed by atoms with Gasteiger partial charge in [-0.25, -0.2) is 4.98 Å². The van der Waals surface area contributed by atoms with Crippen molar-refractivity contribution in [2.45, 2.75) is 70.3 Å². The minimum absolute atomic E-state index is 0.0248. The predicted octanol–water partition coefficient (Wildman–Crippen LogP) is 4.54. The van der Waals surface area contributed by atoms with Crippen molar-refractivity contribution in [1.82, 2.24) is 4.98 Å². The fraction of sp³-hybridized carbons (Fsp3) is 0.741. The van der Waals surface area contributed by atoms with Crippen LogP contribution in [0.15, 0.2) is 18.3 Å². The molecule has 4 saturated carbocycles. The van der Waals surface area contributed by atoms with Crippen molar-refractivity contribution < 1.29 is 14.6 Å². The number of methoxy groups -OCH3 is 1. The van der Waals surface area contributed by atoms with Gasteiger partial charge in [0.15, 0.2) is 0 Å². The molecule has 1 heterocycles. The van der Waals surface area contributed by atoms with E-state index in [1.165, 1.54) is 25.5 Å². The van der Waals surface area contributed by atoms with Gasteiger partial charge < -0.3 is 15.2 Å². The van der Waals surface area contributed by atoms with Gasteiger partial charge in [0.1, 0.15) is 11.9 Å². The second kappa shape index (κ2) is 8.67. The highest BCUT2D eigenvalue weighted by atomic mass is 16.5. The van der Waals surface area contributed by atoms with Gasteiger partial charge in [-0.2, -0.15) is 5.26 Å².